The zero-order valence-electron chi connectivity index (χ0n) is 11.5. The fourth-order valence-electron chi connectivity index (χ4n) is 1.98. The van der Waals surface area contributed by atoms with E-state index in [9.17, 15) is 4.79 Å². The number of aromatic nitrogens is 2. The maximum atomic E-state index is 12.1. The molecule has 1 N–H and O–H groups in total. The molecule has 0 saturated carbocycles. The maximum absolute atomic E-state index is 12.1. The van der Waals surface area contributed by atoms with Crippen LogP contribution in [0.1, 0.15) is 11.3 Å². The lowest BCUT2D eigenvalue weighted by atomic mass is 10.2. The highest BCUT2D eigenvalue weighted by molar-refractivity contribution is 9.10. The van der Waals surface area contributed by atoms with Gasteiger partial charge in [0.2, 0.25) is 5.91 Å². The molecule has 22 heavy (non-hydrogen) atoms. The Balaban J connectivity index is 1.80. The van der Waals surface area contributed by atoms with Gasteiger partial charge in [-0.2, -0.15) is 0 Å². The van der Waals surface area contributed by atoms with E-state index in [1.807, 2.05) is 41.1 Å². The number of nitrogens with one attached hydrogen (secondary N) is 1. The molecule has 0 atom stereocenters. The average Bonchev–Trinajstić information content (AvgIpc) is 3.01. The molecular weight excluding hydrogens is 386 g/mol. The van der Waals surface area contributed by atoms with Crippen molar-refractivity contribution < 1.29 is 4.79 Å². The Kier molecular flexibility index (Phi) is 4.33. The highest BCUT2D eigenvalue weighted by atomic mass is 79.9. The van der Waals surface area contributed by atoms with Crippen LogP contribution in [-0.2, 0) is 4.79 Å². The molecule has 0 spiro atoms. The topological polar surface area (TPSA) is 46.4 Å². The van der Waals surface area contributed by atoms with Crippen LogP contribution in [0.15, 0.2) is 40.3 Å². The minimum atomic E-state index is -0.220. The Bertz CT molecular complexity index is 884. The molecule has 2 aromatic heterocycles. The summed E-state index contributed by atoms with van der Waals surface area (Å²) < 4.78 is 2.76. The van der Waals surface area contributed by atoms with Gasteiger partial charge in [0.05, 0.1) is 5.69 Å². The van der Waals surface area contributed by atoms with Crippen LogP contribution in [0.4, 0.5) is 5.69 Å². The molecule has 0 aliphatic carbocycles. The first-order valence-electron chi connectivity index (χ1n) is 6.41. The highest BCUT2D eigenvalue weighted by Crippen LogP contribution is 2.23. The molecule has 3 aromatic rings. The van der Waals surface area contributed by atoms with Crippen LogP contribution in [0, 0.1) is 6.92 Å². The second-order valence-electron chi connectivity index (χ2n) is 4.63. The first-order chi connectivity index (χ1) is 10.5. The van der Waals surface area contributed by atoms with Gasteiger partial charge >= 0.3 is 0 Å². The Morgan fingerprint density at radius 3 is 3.14 bits per heavy atom. The normalized spacial score (nSPS) is 11.4. The first-order valence-corrected chi connectivity index (χ1v) is 8.46. The quantitative estimate of drug-likeness (QED) is 0.648. The van der Waals surface area contributed by atoms with Crippen LogP contribution in [0.5, 0.6) is 0 Å². The predicted octanol–water partition coefficient (Wildman–Crippen LogP) is 4.77. The molecule has 112 valence electrons. The van der Waals surface area contributed by atoms with Crippen LogP contribution in [-0.4, -0.2) is 15.3 Å². The van der Waals surface area contributed by atoms with E-state index in [-0.39, 0.29) is 5.91 Å². The number of carbonyl (C=O) groups is 1. The first kappa shape index (κ1) is 15.3. The molecule has 0 unspecified atom stereocenters. The molecule has 0 radical (unpaired) electrons. The maximum Gasteiger partial charge on any atom is 0.248 e. The summed E-state index contributed by atoms with van der Waals surface area (Å²) in [6.07, 6.45) is 4.99. The van der Waals surface area contributed by atoms with Crippen molar-refractivity contribution in [1.29, 1.82) is 0 Å². The summed E-state index contributed by atoms with van der Waals surface area (Å²) in [5.41, 5.74) is 2.45. The van der Waals surface area contributed by atoms with Crippen molar-refractivity contribution in [2.24, 2.45) is 0 Å². The van der Waals surface area contributed by atoms with Gasteiger partial charge in [-0.25, -0.2) is 4.98 Å². The van der Waals surface area contributed by atoms with Crippen LogP contribution in [0.2, 0.25) is 5.15 Å². The molecule has 1 aromatic carbocycles. The number of benzene rings is 1. The average molecular weight is 397 g/mol. The van der Waals surface area contributed by atoms with E-state index in [4.69, 9.17) is 11.6 Å². The Hall–Kier alpha value is -1.63. The second kappa shape index (κ2) is 6.24. The van der Waals surface area contributed by atoms with E-state index in [1.165, 1.54) is 17.4 Å². The third kappa shape index (κ3) is 3.09. The number of halogens is 2. The van der Waals surface area contributed by atoms with E-state index in [0.29, 0.717) is 10.8 Å². The van der Waals surface area contributed by atoms with Crippen molar-refractivity contribution in [1.82, 2.24) is 9.38 Å². The Labute approximate surface area is 144 Å². The van der Waals surface area contributed by atoms with Gasteiger partial charge < -0.3 is 5.32 Å². The van der Waals surface area contributed by atoms with Gasteiger partial charge in [0.25, 0.3) is 0 Å². The molecular formula is C15H11BrClN3OS. The smallest absolute Gasteiger partial charge is 0.248 e. The van der Waals surface area contributed by atoms with Crippen molar-refractivity contribution in [2.45, 2.75) is 6.92 Å². The molecule has 0 bridgehead atoms. The van der Waals surface area contributed by atoms with Gasteiger partial charge in [-0.3, -0.25) is 9.20 Å². The molecule has 0 aliphatic rings. The van der Waals surface area contributed by atoms with Crippen molar-refractivity contribution in [3.8, 4) is 0 Å². The standard InChI is InChI=1S/C15H11BrClN3OS/c1-9-2-3-10(16)8-11(9)18-13(21)5-4-12-14(17)19-15-20(12)6-7-22-15/h2-8H,1H3,(H,18,21)/b5-4+. The number of nitrogens with zero attached hydrogens (tertiary/aromatic N) is 2. The third-order valence-corrected chi connectivity index (χ3v) is 4.63. The van der Waals surface area contributed by atoms with Crippen molar-refractivity contribution >= 4 is 61.5 Å². The summed E-state index contributed by atoms with van der Waals surface area (Å²) in [7, 11) is 0. The molecule has 1 amide bonds. The molecule has 0 aliphatic heterocycles. The number of fused-ring (bicyclic) bond motifs is 1. The van der Waals surface area contributed by atoms with Crippen LogP contribution in [0.25, 0.3) is 11.0 Å². The predicted molar refractivity (Wildman–Crippen MR) is 94.6 cm³/mol. The van der Waals surface area contributed by atoms with Crippen LogP contribution >= 0.6 is 38.9 Å². The molecule has 3 rings (SSSR count). The van der Waals surface area contributed by atoms with Crippen LogP contribution in [0.3, 0.4) is 0 Å². The lowest BCUT2D eigenvalue weighted by Crippen LogP contribution is -2.09. The number of thiazole rings is 1. The molecule has 7 heteroatoms. The minimum Gasteiger partial charge on any atom is -0.322 e. The van der Waals surface area contributed by atoms with Crippen molar-refractivity contribution in [2.75, 3.05) is 5.32 Å². The van der Waals surface area contributed by atoms with E-state index in [1.54, 1.807) is 6.08 Å². The van der Waals surface area contributed by atoms with Crippen LogP contribution < -0.4 is 5.32 Å². The number of imidazole rings is 1. The lowest BCUT2D eigenvalue weighted by Gasteiger charge is -2.06. The Morgan fingerprint density at radius 2 is 2.32 bits per heavy atom. The third-order valence-electron chi connectivity index (χ3n) is 3.10. The van der Waals surface area contributed by atoms with Gasteiger partial charge in [0.1, 0.15) is 0 Å². The zero-order valence-corrected chi connectivity index (χ0v) is 14.7. The fraction of sp³-hybridized carbons (Fsp3) is 0.0667. The number of amides is 1. The summed E-state index contributed by atoms with van der Waals surface area (Å²) >= 11 is 11.0. The van der Waals surface area contributed by atoms with Gasteiger partial charge in [0.15, 0.2) is 10.1 Å². The largest absolute Gasteiger partial charge is 0.322 e. The van der Waals surface area contributed by atoms with E-state index in [0.717, 1.165) is 20.7 Å². The zero-order chi connectivity index (χ0) is 15.7. The summed E-state index contributed by atoms with van der Waals surface area (Å²) in [6, 6.07) is 5.73. The van der Waals surface area contributed by atoms with Gasteiger partial charge in [0, 0.05) is 27.8 Å². The van der Waals surface area contributed by atoms with E-state index >= 15 is 0 Å². The Morgan fingerprint density at radius 1 is 1.50 bits per heavy atom. The van der Waals surface area contributed by atoms with Gasteiger partial charge in [-0.15, -0.1) is 11.3 Å². The number of hydrogen-bond donors (Lipinski definition) is 1. The van der Waals surface area contributed by atoms with E-state index < -0.39 is 0 Å². The summed E-state index contributed by atoms with van der Waals surface area (Å²) in [5, 5.41) is 5.15. The van der Waals surface area contributed by atoms with Gasteiger partial charge in [-0.1, -0.05) is 33.6 Å². The van der Waals surface area contributed by atoms with Crippen molar-refractivity contribution in [3.05, 3.63) is 56.7 Å². The summed E-state index contributed by atoms with van der Waals surface area (Å²) in [5.74, 6) is -0.220. The molecule has 4 nitrogen and oxygen atoms in total. The number of carbonyl (C=O) groups excluding carboxylic acids is 1. The van der Waals surface area contributed by atoms with Gasteiger partial charge in [-0.05, 0) is 30.7 Å². The lowest BCUT2D eigenvalue weighted by molar-refractivity contribution is -0.111. The number of aryl methyl sites for hydroxylation is 1. The number of anilines is 1. The fourth-order valence-corrected chi connectivity index (χ4v) is 3.35. The highest BCUT2D eigenvalue weighted by Gasteiger charge is 2.09. The number of hydrogen-bond acceptors (Lipinski definition) is 3. The molecule has 0 fully saturated rings. The molecule has 2 heterocycles. The monoisotopic (exact) mass is 395 g/mol. The van der Waals surface area contributed by atoms with Crippen molar-refractivity contribution in [3.63, 3.8) is 0 Å². The summed E-state index contributed by atoms with van der Waals surface area (Å²) in [4.78, 5) is 17.1. The number of rotatable bonds is 3. The second-order valence-corrected chi connectivity index (χ2v) is 6.77. The minimum absolute atomic E-state index is 0.220. The summed E-state index contributed by atoms with van der Waals surface area (Å²) in [6.45, 7) is 1.94. The van der Waals surface area contributed by atoms with E-state index in [2.05, 4.69) is 26.2 Å². The SMILES string of the molecule is Cc1ccc(Br)cc1NC(=O)/C=C/c1c(Cl)nc2sccn12. The molecule has 0 saturated heterocycles.